The monoisotopic (exact) mass is 479 g/mol. The highest BCUT2D eigenvalue weighted by Crippen LogP contribution is 2.41. The molecule has 2 aromatic carbocycles. The van der Waals surface area contributed by atoms with Crippen molar-refractivity contribution in [1.29, 1.82) is 0 Å². The van der Waals surface area contributed by atoms with Gasteiger partial charge in [-0.3, -0.25) is 29.3 Å². The van der Waals surface area contributed by atoms with Crippen LogP contribution in [0.25, 0.3) is 0 Å². The van der Waals surface area contributed by atoms with Crippen molar-refractivity contribution in [3.8, 4) is 5.75 Å². The van der Waals surface area contributed by atoms with E-state index in [4.69, 9.17) is 4.74 Å². The third-order valence-corrected chi connectivity index (χ3v) is 6.63. The van der Waals surface area contributed by atoms with E-state index in [1.165, 1.54) is 37.4 Å². The van der Waals surface area contributed by atoms with Crippen LogP contribution < -0.4 is 4.74 Å². The molecular weight excluding hydrogens is 454 g/mol. The number of imide groups is 1. The Morgan fingerprint density at radius 3 is 2.46 bits per heavy atom. The zero-order chi connectivity index (χ0) is 25.3. The summed E-state index contributed by atoms with van der Waals surface area (Å²) in [6.07, 6.45) is 1.83. The fourth-order valence-corrected chi connectivity index (χ4v) is 4.77. The second-order valence-electron chi connectivity index (χ2n) is 8.94. The van der Waals surface area contributed by atoms with E-state index in [0.29, 0.717) is 18.6 Å². The molecule has 2 aliphatic rings. The van der Waals surface area contributed by atoms with E-state index in [1.807, 2.05) is 6.92 Å². The Labute approximate surface area is 201 Å². The zero-order valence-corrected chi connectivity index (χ0v) is 19.4. The molecule has 0 spiro atoms. The Kier molecular flexibility index (Phi) is 6.63. The number of Topliss-reactive ketones (excluding diaryl/α,β-unsaturated/α-hetero) is 1. The van der Waals surface area contributed by atoms with E-state index < -0.39 is 46.8 Å². The number of ether oxygens (including phenoxy) is 1. The summed E-state index contributed by atoms with van der Waals surface area (Å²) in [5, 5.41) is 12.8. The van der Waals surface area contributed by atoms with Crippen LogP contribution in [0.4, 0.5) is 5.69 Å². The molecule has 1 aliphatic heterocycles. The van der Waals surface area contributed by atoms with Crippen LogP contribution in [0.5, 0.6) is 5.75 Å². The molecule has 1 aliphatic carbocycles. The molecule has 35 heavy (non-hydrogen) atoms. The first kappa shape index (κ1) is 24.1. The van der Waals surface area contributed by atoms with E-state index >= 15 is 0 Å². The van der Waals surface area contributed by atoms with Gasteiger partial charge in [0, 0.05) is 23.3 Å². The molecule has 3 atom stereocenters. The first-order valence-corrected chi connectivity index (χ1v) is 11.3. The number of hydrogen-bond donors (Lipinski definition) is 0. The molecule has 182 valence electrons. The van der Waals surface area contributed by atoms with Gasteiger partial charge in [0.1, 0.15) is 12.3 Å². The fraction of sp³-hybridized carbons (Fsp3) is 0.360. The second kappa shape index (κ2) is 9.65. The van der Waals surface area contributed by atoms with Gasteiger partial charge in [-0.15, -0.1) is 0 Å². The number of carbonyl (C=O) groups is 4. The van der Waals surface area contributed by atoms with Crippen molar-refractivity contribution in [2.24, 2.45) is 17.8 Å². The molecule has 0 unspecified atom stereocenters. The topological polar surface area (TPSA) is 127 Å². The number of fused-ring (bicyclic) bond motifs is 1. The van der Waals surface area contributed by atoms with E-state index in [2.05, 4.69) is 0 Å². The van der Waals surface area contributed by atoms with Gasteiger partial charge in [0.05, 0.1) is 23.9 Å². The summed E-state index contributed by atoms with van der Waals surface area (Å²) in [6, 6.07) is 11.3. The number of rotatable bonds is 7. The van der Waals surface area contributed by atoms with Gasteiger partial charge in [0.25, 0.3) is 23.4 Å². The van der Waals surface area contributed by atoms with Crippen LogP contribution >= 0.6 is 0 Å². The zero-order valence-electron chi connectivity index (χ0n) is 19.4. The van der Waals surface area contributed by atoms with Crippen LogP contribution in [-0.2, 0) is 9.59 Å². The van der Waals surface area contributed by atoms with Crippen LogP contribution in [0.2, 0.25) is 0 Å². The lowest BCUT2D eigenvalue weighted by Crippen LogP contribution is -2.52. The molecule has 1 heterocycles. The molecule has 10 nitrogen and oxygen atoms in total. The highest BCUT2D eigenvalue weighted by Gasteiger charge is 2.52. The van der Waals surface area contributed by atoms with Crippen molar-refractivity contribution >= 4 is 29.2 Å². The number of methoxy groups -OCH3 is 1. The minimum Gasteiger partial charge on any atom is -0.497 e. The van der Waals surface area contributed by atoms with Gasteiger partial charge in [0.2, 0.25) is 0 Å². The Bertz CT molecular complexity index is 1210. The van der Waals surface area contributed by atoms with Crippen LogP contribution in [0.3, 0.4) is 0 Å². The molecule has 0 bridgehead atoms. The van der Waals surface area contributed by atoms with Gasteiger partial charge >= 0.3 is 0 Å². The van der Waals surface area contributed by atoms with E-state index in [0.717, 1.165) is 22.5 Å². The molecular formula is C25H25N3O7. The lowest BCUT2D eigenvalue weighted by molar-refractivity contribution is -0.384. The minimum atomic E-state index is -0.849. The molecule has 0 radical (unpaired) electrons. The average molecular weight is 479 g/mol. The number of amides is 3. The molecule has 4 rings (SSSR count). The maximum Gasteiger partial charge on any atom is 0.273 e. The fourth-order valence-electron chi connectivity index (χ4n) is 4.77. The van der Waals surface area contributed by atoms with Crippen molar-refractivity contribution in [3.63, 3.8) is 0 Å². The van der Waals surface area contributed by atoms with Gasteiger partial charge < -0.3 is 4.74 Å². The van der Waals surface area contributed by atoms with Gasteiger partial charge in [0.15, 0.2) is 5.78 Å². The third-order valence-electron chi connectivity index (χ3n) is 6.63. The lowest BCUT2D eigenvalue weighted by atomic mass is 9.76. The molecule has 10 heteroatoms. The lowest BCUT2D eigenvalue weighted by Gasteiger charge is -2.30. The van der Waals surface area contributed by atoms with Crippen LogP contribution in [0, 0.1) is 27.9 Å². The average Bonchev–Trinajstić information content (AvgIpc) is 3.10. The van der Waals surface area contributed by atoms with Gasteiger partial charge in [-0.2, -0.15) is 5.01 Å². The summed E-state index contributed by atoms with van der Waals surface area (Å²) in [7, 11) is 1.45. The SMILES string of the molecule is COc1cccc(C(=O)CN(C(=O)c2cccc([N+](=O)[O-])c2)N2C(=O)[C@H]3C[C@H](C)CC[C@H]3C2=O)c1. The summed E-state index contributed by atoms with van der Waals surface area (Å²) in [4.78, 5) is 63.9. The molecule has 1 saturated carbocycles. The Hall–Kier alpha value is -4.08. The molecule has 3 amide bonds. The maximum absolute atomic E-state index is 13.5. The van der Waals surface area contributed by atoms with Crippen molar-refractivity contribution in [1.82, 2.24) is 10.0 Å². The molecule has 0 aromatic heterocycles. The van der Waals surface area contributed by atoms with E-state index in [1.54, 1.807) is 12.1 Å². The molecule has 2 fully saturated rings. The number of nitrogens with zero attached hydrogens (tertiary/aromatic N) is 3. The summed E-state index contributed by atoms with van der Waals surface area (Å²) in [6.45, 7) is 1.41. The summed E-state index contributed by atoms with van der Waals surface area (Å²) in [5.41, 5.74) is -0.204. The van der Waals surface area contributed by atoms with Crippen molar-refractivity contribution in [3.05, 3.63) is 69.8 Å². The number of ketones is 1. The molecule has 1 saturated heterocycles. The predicted octanol–water partition coefficient (Wildman–Crippen LogP) is 3.26. The largest absolute Gasteiger partial charge is 0.497 e. The smallest absolute Gasteiger partial charge is 0.273 e. The number of carbonyl (C=O) groups excluding carboxylic acids is 4. The van der Waals surface area contributed by atoms with Crippen molar-refractivity contribution in [2.45, 2.75) is 26.2 Å². The quantitative estimate of drug-likeness (QED) is 0.258. The Morgan fingerprint density at radius 1 is 1.06 bits per heavy atom. The first-order valence-electron chi connectivity index (χ1n) is 11.3. The number of hydrogen-bond acceptors (Lipinski definition) is 7. The maximum atomic E-state index is 13.5. The van der Waals surface area contributed by atoms with E-state index in [-0.39, 0.29) is 22.7 Å². The van der Waals surface area contributed by atoms with Crippen molar-refractivity contribution in [2.75, 3.05) is 13.7 Å². The number of non-ortho nitro benzene ring substituents is 1. The second-order valence-corrected chi connectivity index (χ2v) is 8.94. The van der Waals surface area contributed by atoms with Gasteiger partial charge in [-0.1, -0.05) is 25.1 Å². The third kappa shape index (κ3) is 4.64. The number of nitro groups is 1. The highest BCUT2D eigenvalue weighted by atomic mass is 16.6. The summed E-state index contributed by atoms with van der Waals surface area (Å²) >= 11 is 0. The highest BCUT2D eigenvalue weighted by molar-refractivity contribution is 6.09. The van der Waals surface area contributed by atoms with Crippen LogP contribution in [0.1, 0.15) is 46.9 Å². The summed E-state index contributed by atoms with van der Waals surface area (Å²) < 4.78 is 5.16. The molecule has 2 aromatic rings. The minimum absolute atomic E-state index is 0.110. The van der Waals surface area contributed by atoms with Crippen LogP contribution in [0.15, 0.2) is 48.5 Å². The predicted molar refractivity (Wildman–Crippen MR) is 123 cm³/mol. The molecule has 0 N–H and O–H groups in total. The Balaban J connectivity index is 1.72. The van der Waals surface area contributed by atoms with Crippen LogP contribution in [-0.4, -0.2) is 52.1 Å². The normalized spacial score (nSPS) is 21.4. The summed E-state index contributed by atoms with van der Waals surface area (Å²) in [5.74, 6) is -2.84. The number of hydrazine groups is 1. The van der Waals surface area contributed by atoms with Gasteiger partial charge in [-0.25, -0.2) is 5.01 Å². The van der Waals surface area contributed by atoms with Crippen molar-refractivity contribution < 1.29 is 28.8 Å². The number of nitro benzene ring substituents is 1. The Morgan fingerprint density at radius 2 is 1.74 bits per heavy atom. The van der Waals surface area contributed by atoms with E-state index in [9.17, 15) is 29.3 Å². The standard InChI is InChI=1S/C25H25N3O7/c1-15-9-10-20-21(11-15)25(32)27(24(20)31)26(14-22(29)16-5-4-8-19(13-16)35-2)23(30)17-6-3-7-18(12-17)28(33)34/h3-8,12-13,15,20-21H,9-11,14H2,1-2H3/t15-,20-,21+/m1/s1. The first-order chi connectivity index (χ1) is 16.7. The van der Waals surface area contributed by atoms with Gasteiger partial charge in [-0.05, 0) is 43.4 Å². The number of benzene rings is 2.